The molecule has 0 aromatic heterocycles. The summed E-state index contributed by atoms with van der Waals surface area (Å²) in [5, 5.41) is 5.66. The zero-order valence-electron chi connectivity index (χ0n) is 14.6. The van der Waals surface area contributed by atoms with Crippen LogP contribution in [0.15, 0.2) is 54.6 Å². The molecule has 0 nitrogen and oxygen atoms in total. The van der Waals surface area contributed by atoms with Crippen LogP contribution in [0.1, 0.15) is 63.4 Å². The lowest BCUT2D eigenvalue weighted by Crippen LogP contribution is -2.04. The summed E-state index contributed by atoms with van der Waals surface area (Å²) in [6.45, 7) is 0. The van der Waals surface area contributed by atoms with Gasteiger partial charge in [-0.15, -0.1) is 0 Å². The molecule has 0 spiro atoms. The van der Waals surface area contributed by atoms with Gasteiger partial charge in [0.15, 0.2) is 0 Å². The third kappa shape index (κ3) is 3.20. The van der Waals surface area contributed by atoms with Crippen molar-refractivity contribution in [3.05, 3.63) is 66.1 Å². The molecule has 3 aromatic rings. The van der Waals surface area contributed by atoms with E-state index < -0.39 is 0 Å². The average molecular weight is 315 g/mol. The van der Waals surface area contributed by atoms with E-state index in [4.69, 9.17) is 0 Å². The lowest BCUT2D eigenvalue weighted by molar-refractivity contribution is 0.531. The van der Waals surface area contributed by atoms with Gasteiger partial charge >= 0.3 is 0 Å². The monoisotopic (exact) mass is 315 g/mol. The Morgan fingerprint density at radius 1 is 0.500 bits per heavy atom. The zero-order valence-corrected chi connectivity index (χ0v) is 14.6. The second kappa shape index (κ2) is 7.38. The van der Waals surface area contributed by atoms with Crippen molar-refractivity contribution < 1.29 is 0 Å². The first-order valence-electron chi connectivity index (χ1n) is 9.69. The molecule has 24 heavy (non-hydrogen) atoms. The van der Waals surface area contributed by atoms with Crippen LogP contribution in [-0.4, -0.2) is 0 Å². The summed E-state index contributed by atoms with van der Waals surface area (Å²) in [5.41, 5.74) is 1.55. The van der Waals surface area contributed by atoms with Gasteiger partial charge in [-0.3, -0.25) is 0 Å². The second-order valence-electron chi connectivity index (χ2n) is 7.27. The Labute approximate surface area is 145 Å². The van der Waals surface area contributed by atoms with E-state index in [0.717, 1.165) is 0 Å². The third-order valence-corrected chi connectivity index (χ3v) is 5.58. The molecule has 0 heteroatoms. The molecule has 0 aliphatic heterocycles. The Morgan fingerprint density at radius 3 is 1.50 bits per heavy atom. The van der Waals surface area contributed by atoms with Crippen LogP contribution >= 0.6 is 0 Å². The van der Waals surface area contributed by atoms with Gasteiger partial charge in [-0.2, -0.15) is 0 Å². The van der Waals surface area contributed by atoms with E-state index in [0.29, 0.717) is 0 Å². The van der Waals surface area contributed by atoms with Crippen LogP contribution < -0.4 is 0 Å². The molecule has 1 saturated carbocycles. The highest BCUT2D eigenvalue weighted by molar-refractivity contribution is 6.04. The lowest BCUT2D eigenvalue weighted by Gasteiger charge is -2.22. The van der Waals surface area contributed by atoms with Crippen molar-refractivity contribution in [3.8, 4) is 0 Å². The molecule has 0 heterocycles. The average Bonchev–Trinajstić information content (AvgIpc) is 2.64. The quantitative estimate of drug-likeness (QED) is 0.409. The Kier molecular flexibility index (Phi) is 4.83. The number of hydrogen-bond donors (Lipinski definition) is 0. The van der Waals surface area contributed by atoms with Crippen molar-refractivity contribution in [2.45, 2.75) is 57.8 Å². The van der Waals surface area contributed by atoms with Gasteiger partial charge in [-0.05, 0) is 46.0 Å². The van der Waals surface area contributed by atoms with Gasteiger partial charge in [0.2, 0.25) is 0 Å². The minimum absolute atomic E-state index is 1.28. The molecule has 0 atom stereocenters. The first kappa shape index (κ1) is 15.7. The molecule has 1 radical (unpaired) electrons. The number of fused-ring (bicyclic) bond motifs is 2. The molecule has 3 aromatic carbocycles. The van der Waals surface area contributed by atoms with E-state index in [9.17, 15) is 0 Å². The SMILES string of the molecule is c1ccc2c([C]3CCCCCCCCC3)c3ccccc3cc2c1. The van der Waals surface area contributed by atoms with Crippen molar-refractivity contribution in [3.63, 3.8) is 0 Å². The molecule has 4 rings (SSSR count). The van der Waals surface area contributed by atoms with Crippen LogP contribution in [0, 0.1) is 5.92 Å². The van der Waals surface area contributed by atoms with Gasteiger partial charge in [-0.25, -0.2) is 0 Å². The number of hydrogen-bond acceptors (Lipinski definition) is 0. The summed E-state index contributed by atoms with van der Waals surface area (Å²) in [4.78, 5) is 0. The maximum Gasteiger partial charge on any atom is 0.00625 e. The molecule has 0 saturated heterocycles. The van der Waals surface area contributed by atoms with Gasteiger partial charge in [0.1, 0.15) is 0 Å². The van der Waals surface area contributed by atoms with Crippen LogP contribution in [0.5, 0.6) is 0 Å². The molecule has 0 unspecified atom stereocenters. The Bertz CT molecular complexity index is 751. The van der Waals surface area contributed by atoms with E-state index in [1.54, 1.807) is 11.5 Å². The van der Waals surface area contributed by atoms with E-state index >= 15 is 0 Å². The fraction of sp³-hybridized carbons (Fsp3) is 0.375. The van der Waals surface area contributed by atoms with E-state index in [1.165, 1.54) is 79.3 Å². The molecule has 0 N–H and O–H groups in total. The molecular weight excluding hydrogens is 288 g/mol. The minimum atomic E-state index is 1.28. The standard InChI is InChI=1S/C24H27/c1-2-4-6-12-19(13-7-5-3-1)24-22-16-10-8-14-20(22)18-21-15-9-11-17-23(21)24/h8-11,14-18H,1-7,12-13H2. The normalized spacial score (nSPS) is 18.0. The van der Waals surface area contributed by atoms with E-state index in [-0.39, 0.29) is 0 Å². The second-order valence-corrected chi connectivity index (χ2v) is 7.27. The first-order chi connectivity index (χ1) is 11.9. The molecule has 1 aliphatic rings. The van der Waals surface area contributed by atoms with Crippen molar-refractivity contribution >= 4 is 21.5 Å². The van der Waals surface area contributed by atoms with Crippen LogP contribution in [-0.2, 0) is 0 Å². The Balaban J connectivity index is 1.84. The maximum absolute atomic E-state index is 2.36. The van der Waals surface area contributed by atoms with Crippen LogP contribution in [0.25, 0.3) is 21.5 Å². The number of rotatable bonds is 1. The summed E-state index contributed by atoms with van der Waals surface area (Å²) in [5.74, 6) is 1.70. The molecular formula is C24H27. The largest absolute Gasteiger partial charge is 0.0616 e. The van der Waals surface area contributed by atoms with Crippen LogP contribution in [0.4, 0.5) is 0 Å². The van der Waals surface area contributed by atoms with E-state index in [2.05, 4.69) is 54.6 Å². The van der Waals surface area contributed by atoms with Crippen LogP contribution in [0.3, 0.4) is 0 Å². The summed E-state index contributed by atoms with van der Waals surface area (Å²) in [7, 11) is 0. The predicted octanol–water partition coefficient (Wildman–Crippen LogP) is 7.44. The van der Waals surface area contributed by atoms with Gasteiger partial charge in [-0.1, -0.05) is 93.5 Å². The van der Waals surface area contributed by atoms with Crippen molar-refractivity contribution in [2.75, 3.05) is 0 Å². The molecule has 123 valence electrons. The van der Waals surface area contributed by atoms with E-state index in [1.807, 2.05) is 0 Å². The summed E-state index contributed by atoms with van der Waals surface area (Å²) in [6, 6.07) is 20.3. The summed E-state index contributed by atoms with van der Waals surface area (Å²) in [6.07, 6.45) is 12.3. The van der Waals surface area contributed by atoms with Gasteiger partial charge in [0.25, 0.3) is 0 Å². The first-order valence-corrected chi connectivity index (χ1v) is 9.69. The highest BCUT2D eigenvalue weighted by atomic mass is 14.2. The smallest absolute Gasteiger partial charge is 0.00625 e. The lowest BCUT2D eigenvalue weighted by atomic mass is 9.82. The minimum Gasteiger partial charge on any atom is -0.0616 e. The summed E-state index contributed by atoms with van der Waals surface area (Å²) < 4.78 is 0. The Hall–Kier alpha value is -1.82. The predicted molar refractivity (Wildman–Crippen MR) is 105 cm³/mol. The van der Waals surface area contributed by atoms with Crippen molar-refractivity contribution in [1.29, 1.82) is 0 Å². The molecule has 1 aliphatic carbocycles. The summed E-state index contributed by atoms with van der Waals surface area (Å²) >= 11 is 0. The topological polar surface area (TPSA) is 0 Å². The Morgan fingerprint density at radius 2 is 0.958 bits per heavy atom. The van der Waals surface area contributed by atoms with Gasteiger partial charge < -0.3 is 0 Å². The molecule has 0 amide bonds. The fourth-order valence-electron chi connectivity index (χ4n) is 4.33. The molecule has 0 bridgehead atoms. The van der Waals surface area contributed by atoms with Crippen molar-refractivity contribution in [2.24, 2.45) is 0 Å². The fourth-order valence-corrected chi connectivity index (χ4v) is 4.33. The van der Waals surface area contributed by atoms with Crippen LogP contribution in [0.2, 0.25) is 0 Å². The maximum atomic E-state index is 2.36. The zero-order chi connectivity index (χ0) is 16.2. The number of benzene rings is 3. The van der Waals surface area contributed by atoms with Gasteiger partial charge in [0.05, 0.1) is 0 Å². The molecule has 1 fully saturated rings. The highest BCUT2D eigenvalue weighted by Gasteiger charge is 2.18. The third-order valence-electron chi connectivity index (χ3n) is 5.58. The van der Waals surface area contributed by atoms with Crippen molar-refractivity contribution in [1.82, 2.24) is 0 Å². The highest BCUT2D eigenvalue weighted by Crippen LogP contribution is 2.38. The van der Waals surface area contributed by atoms with Gasteiger partial charge in [0, 0.05) is 5.92 Å².